The van der Waals surface area contributed by atoms with Gasteiger partial charge in [0.2, 0.25) is 0 Å². The van der Waals surface area contributed by atoms with Gasteiger partial charge in [-0.05, 0) is 36.6 Å². The maximum absolute atomic E-state index is 12.0. The van der Waals surface area contributed by atoms with Crippen LogP contribution >= 0.6 is 0 Å². The highest BCUT2D eigenvalue weighted by Gasteiger charge is 2.13. The molecular weight excluding hydrogens is 252 g/mol. The summed E-state index contributed by atoms with van der Waals surface area (Å²) in [5.74, 6) is -0.362. The van der Waals surface area contributed by atoms with Crippen LogP contribution in [0.1, 0.15) is 41.4 Å². The van der Waals surface area contributed by atoms with Crippen molar-refractivity contribution in [2.75, 3.05) is 0 Å². The van der Waals surface area contributed by atoms with Crippen LogP contribution in [0.3, 0.4) is 0 Å². The van der Waals surface area contributed by atoms with Gasteiger partial charge in [0.1, 0.15) is 5.56 Å². The number of aromatic nitrogens is 1. The molecule has 0 aliphatic rings. The Hall–Kier alpha value is -2.36. The molecule has 0 aliphatic carbocycles. The second kappa shape index (κ2) is 6.19. The number of carbonyl (C=O) groups is 1. The van der Waals surface area contributed by atoms with Gasteiger partial charge in [-0.2, -0.15) is 0 Å². The number of rotatable bonds is 4. The molecule has 0 saturated carbocycles. The molecule has 0 fully saturated rings. The largest absolute Gasteiger partial charge is 0.345 e. The molecule has 2 N–H and O–H groups in total. The van der Waals surface area contributed by atoms with Crippen LogP contribution in [0.15, 0.2) is 47.4 Å². The van der Waals surface area contributed by atoms with Gasteiger partial charge in [-0.3, -0.25) is 9.59 Å². The Morgan fingerprint density at radius 1 is 1.25 bits per heavy atom. The summed E-state index contributed by atoms with van der Waals surface area (Å²) >= 11 is 0. The molecule has 1 amide bonds. The molecule has 4 nitrogen and oxygen atoms in total. The fourth-order valence-corrected chi connectivity index (χ4v) is 2.00. The average molecular weight is 270 g/mol. The minimum absolute atomic E-state index is 0.129. The Labute approximate surface area is 117 Å². The van der Waals surface area contributed by atoms with E-state index in [4.69, 9.17) is 0 Å². The van der Waals surface area contributed by atoms with Crippen LogP contribution in [-0.2, 0) is 6.42 Å². The summed E-state index contributed by atoms with van der Waals surface area (Å²) in [7, 11) is 0. The summed E-state index contributed by atoms with van der Waals surface area (Å²) in [6.45, 7) is 4.00. The van der Waals surface area contributed by atoms with Crippen LogP contribution in [0.4, 0.5) is 0 Å². The first-order chi connectivity index (χ1) is 9.61. The number of nitrogens with one attached hydrogen (secondary N) is 2. The van der Waals surface area contributed by atoms with E-state index in [0.29, 0.717) is 0 Å². The van der Waals surface area contributed by atoms with E-state index in [1.807, 2.05) is 31.2 Å². The molecule has 1 aromatic heterocycles. The minimum Gasteiger partial charge on any atom is -0.345 e. The van der Waals surface area contributed by atoms with Crippen molar-refractivity contribution < 1.29 is 4.79 Å². The molecule has 1 heterocycles. The predicted octanol–water partition coefficient (Wildman–Crippen LogP) is 2.43. The normalized spacial score (nSPS) is 11.9. The van der Waals surface area contributed by atoms with Crippen molar-refractivity contribution in [3.05, 3.63) is 69.6 Å². The molecular formula is C16H18N2O2. The Morgan fingerprint density at radius 2 is 1.95 bits per heavy atom. The standard InChI is InChI=1S/C16H18N2O2/c1-3-12-6-8-13(9-7-12)11(2)18-16(20)14-5-4-10-17-15(14)19/h4-11H,3H2,1-2H3,(H,17,19)(H,18,20)/t11-/m1/s1. The van der Waals surface area contributed by atoms with E-state index in [1.165, 1.54) is 17.8 Å². The van der Waals surface area contributed by atoms with Crippen LogP contribution in [0, 0.1) is 0 Å². The smallest absolute Gasteiger partial charge is 0.260 e. The monoisotopic (exact) mass is 270 g/mol. The molecule has 1 atom stereocenters. The number of hydrogen-bond acceptors (Lipinski definition) is 2. The van der Waals surface area contributed by atoms with Gasteiger partial charge in [-0.25, -0.2) is 0 Å². The Bertz CT molecular complexity index is 644. The molecule has 104 valence electrons. The van der Waals surface area contributed by atoms with Gasteiger partial charge in [0.15, 0.2) is 0 Å². The summed E-state index contributed by atoms with van der Waals surface area (Å²) in [4.78, 5) is 26.1. The number of amides is 1. The molecule has 0 radical (unpaired) electrons. The van der Waals surface area contributed by atoms with Gasteiger partial charge in [-0.15, -0.1) is 0 Å². The topological polar surface area (TPSA) is 62.0 Å². The van der Waals surface area contributed by atoms with Crippen molar-refractivity contribution in [1.82, 2.24) is 10.3 Å². The van der Waals surface area contributed by atoms with Crippen LogP contribution < -0.4 is 10.9 Å². The lowest BCUT2D eigenvalue weighted by Gasteiger charge is -2.14. The molecule has 0 bridgehead atoms. The van der Waals surface area contributed by atoms with Gasteiger partial charge >= 0.3 is 0 Å². The van der Waals surface area contributed by atoms with Gasteiger partial charge < -0.3 is 10.3 Å². The zero-order valence-corrected chi connectivity index (χ0v) is 11.6. The molecule has 2 aromatic rings. The van der Waals surface area contributed by atoms with Crippen LogP contribution in [0.25, 0.3) is 0 Å². The summed E-state index contributed by atoms with van der Waals surface area (Å²) < 4.78 is 0. The Balaban J connectivity index is 2.11. The predicted molar refractivity (Wildman–Crippen MR) is 78.8 cm³/mol. The van der Waals surface area contributed by atoms with Gasteiger partial charge in [-0.1, -0.05) is 31.2 Å². The third-order valence-electron chi connectivity index (χ3n) is 3.30. The zero-order chi connectivity index (χ0) is 14.5. The molecule has 4 heteroatoms. The van der Waals surface area contributed by atoms with E-state index in [9.17, 15) is 9.59 Å². The van der Waals surface area contributed by atoms with Crippen molar-refractivity contribution in [3.63, 3.8) is 0 Å². The van der Waals surface area contributed by atoms with Gasteiger partial charge in [0.25, 0.3) is 11.5 Å². The maximum atomic E-state index is 12.0. The second-order valence-corrected chi connectivity index (χ2v) is 4.70. The first kappa shape index (κ1) is 14.1. The number of pyridine rings is 1. The fourth-order valence-electron chi connectivity index (χ4n) is 2.00. The summed E-state index contributed by atoms with van der Waals surface area (Å²) in [6.07, 6.45) is 2.49. The first-order valence-corrected chi connectivity index (χ1v) is 6.69. The lowest BCUT2D eigenvalue weighted by Crippen LogP contribution is -2.31. The third kappa shape index (κ3) is 3.15. The lowest BCUT2D eigenvalue weighted by molar-refractivity contribution is 0.0938. The van der Waals surface area contributed by atoms with E-state index in [0.717, 1.165) is 12.0 Å². The van der Waals surface area contributed by atoms with E-state index in [2.05, 4.69) is 17.2 Å². The third-order valence-corrected chi connectivity index (χ3v) is 3.30. The highest BCUT2D eigenvalue weighted by atomic mass is 16.2. The Kier molecular flexibility index (Phi) is 4.35. The van der Waals surface area contributed by atoms with Crippen molar-refractivity contribution in [2.45, 2.75) is 26.3 Å². The molecule has 0 unspecified atom stereocenters. The van der Waals surface area contributed by atoms with E-state index in [-0.39, 0.29) is 23.1 Å². The van der Waals surface area contributed by atoms with Crippen LogP contribution in [0.2, 0.25) is 0 Å². The molecule has 1 aromatic carbocycles. The van der Waals surface area contributed by atoms with Crippen molar-refractivity contribution in [1.29, 1.82) is 0 Å². The first-order valence-electron chi connectivity index (χ1n) is 6.69. The summed E-state index contributed by atoms with van der Waals surface area (Å²) in [6, 6.07) is 11.1. The number of aryl methyl sites for hydroxylation is 1. The van der Waals surface area contributed by atoms with Crippen molar-refractivity contribution in [2.24, 2.45) is 0 Å². The number of aromatic amines is 1. The number of hydrogen-bond donors (Lipinski definition) is 2. The molecule has 2 rings (SSSR count). The van der Waals surface area contributed by atoms with E-state index < -0.39 is 0 Å². The number of benzene rings is 1. The molecule has 0 spiro atoms. The SMILES string of the molecule is CCc1ccc([C@@H](C)NC(=O)c2ccc[nH]c2=O)cc1. The highest BCUT2D eigenvalue weighted by Crippen LogP contribution is 2.14. The van der Waals surface area contributed by atoms with Crippen molar-refractivity contribution in [3.8, 4) is 0 Å². The maximum Gasteiger partial charge on any atom is 0.260 e. The average Bonchev–Trinajstić information content (AvgIpc) is 2.47. The summed E-state index contributed by atoms with van der Waals surface area (Å²) in [5.41, 5.74) is 2.03. The Morgan fingerprint density at radius 3 is 2.55 bits per heavy atom. The second-order valence-electron chi connectivity index (χ2n) is 4.70. The molecule has 0 aliphatic heterocycles. The van der Waals surface area contributed by atoms with Crippen LogP contribution in [0.5, 0.6) is 0 Å². The molecule has 0 saturated heterocycles. The summed E-state index contributed by atoms with van der Waals surface area (Å²) in [5, 5.41) is 2.83. The van der Waals surface area contributed by atoms with Gasteiger partial charge in [0, 0.05) is 6.20 Å². The van der Waals surface area contributed by atoms with E-state index in [1.54, 1.807) is 6.07 Å². The quantitative estimate of drug-likeness (QED) is 0.896. The minimum atomic E-state index is -0.376. The lowest BCUT2D eigenvalue weighted by atomic mass is 10.0. The van der Waals surface area contributed by atoms with E-state index >= 15 is 0 Å². The van der Waals surface area contributed by atoms with Gasteiger partial charge in [0.05, 0.1) is 6.04 Å². The number of H-pyrrole nitrogens is 1. The zero-order valence-electron chi connectivity index (χ0n) is 11.6. The van der Waals surface area contributed by atoms with Crippen molar-refractivity contribution >= 4 is 5.91 Å². The van der Waals surface area contributed by atoms with Crippen LogP contribution in [-0.4, -0.2) is 10.9 Å². The molecule has 20 heavy (non-hydrogen) atoms. The fraction of sp³-hybridized carbons (Fsp3) is 0.250. The highest BCUT2D eigenvalue weighted by molar-refractivity contribution is 5.93. The number of carbonyl (C=O) groups excluding carboxylic acids is 1.